The zero-order chi connectivity index (χ0) is 26.0. The second-order valence-corrected chi connectivity index (χ2v) is 14.3. The molecule has 0 saturated carbocycles. The highest BCUT2D eigenvalue weighted by molar-refractivity contribution is 8.77. The summed E-state index contributed by atoms with van der Waals surface area (Å²) in [5.41, 5.74) is -0.153. The fourth-order valence-electron chi connectivity index (χ4n) is 3.73. The summed E-state index contributed by atoms with van der Waals surface area (Å²) in [4.78, 5) is 8.71. The van der Waals surface area contributed by atoms with Gasteiger partial charge in [0.1, 0.15) is 10.1 Å². The molecule has 0 saturated heterocycles. The molecule has 2 heterocycles. The Hall–Kier alpha value is -0.380. The first-order valence-corrected chi connectivity index (χ1v) is 17.8. The molecule has 0 N–H and O–H groups in total. The normalized spacial score (nSPS) is 12.2. The number of nitrogens with zero attached hydrogens (tertiary/aromatic N) is 2. The van der Waals surface area contributed by atoms with Crippen molar-refractivity contribution in [2.75, 3.05) is 24.7 Å². The van der Waals surface area contributed by atoms with Gasteiger partial charge in [-0.2, -0.15) is 0 Å². The summed E-state index contributed by atoms with van der Waals surface area (Å²) in [6.07, 6.45) is 12.5. The van der Waals surface area contributed by atoms with Crippen LogP contribution in [0.15, 0.2) is 58.8 Å². The van der Waals surface area contributed by atoms with Crippen LogP contribution in [0, 0.1) is 0 Å². The van der Waals surface area contributed by atoms with Crippen molar-refractivity contribution in [1.82, 2.24) is 9.97 Å². The van der Waals surface area contributed by atoms with Crippen molar-refractivity contribution in [3.63, 3.8) is 0 Å². The minimum Gasteiger partial charge on any atom is -0.375 e. The lowest BCUT2D eigenvalue weighted by Crippen LogP contribution is -2.35. The number of aromatic nitrogens is 2. The van der Waals surface area contributed by atoms with Crippen LogP contribution in [-0.2, 0) is 9.47 Å². The van der Waals surface area contributed by atoms with E-state index in [1.807, 2.05) is 58.2 Å². The molecular formula is C28H44N2O2S4. The number of hydrogen-bond acceptors (Lipinski definition) is 8. The van der Waals surface area contributed by atoms with Gasteiger partial charge in [-0.3, -0.25) is 0 Å². The summed E-state index contributed by atoms with van der Waals surface area (Å²) in [5.74, 6) is 2.26. The Morgan fingerprint density at radius 1 is 0.694 bits per heavy atom. The summed E-state index contributed by atoms with van der Waals surface area (Å²) < 4.78 is 12.8. The Kier molecular flexibility index (Phi) is 16.6. The largest absolute Gasteiger partial charge is 0.375 e. The second kappa shape index (κ2) is 18.8. The lowest BCUT2D eigenvalue weighted by atomic mass is 9.93. The van der Waals surface area contributed by atoms with Gasteiger partial charge < -0.3 is 9.47 Å². The lowest BCUT2D eigenvalue weighted by Gasteiger charge is -2.34. The van der Waals surface area contributed by atoms with Crippen molar-refractivity contribution in [3.8, 4) is 0 Å². The maximum atomic E-state index is 6.45. The molecule has 4 nitrogen and oxygen atoms in total. The quantitative estimate of drug-likeness (QED) is 0.109. The van der Waals surface area contributed by atoms with E-state index in [0.717, 1.165) is 73.3 Å². The summed E-state index contributed by atoms with van der Waals surface area (Å²) in [7, 11) is 7.29. The van der Waals surface area contributed by atoms with Crippen molar-refractivity contribution < 1.29 is 9.47 Å². The fraction of sp³-hybridized carbons (Fsp3) is 0.643. The molecule has 2 aromatic rings. The van der Waals surface area contributed by atoms with Gasteiger partial charge in [0.2, 0.25) is 0 Å². The van der Waals surface area contributed by atoms with Gasteiger partial charge in [0.05, 0.1) is 17.8 Å². The van der Waals surface area contributed by atoms with Crippen LogP contribution in [0.4, 0.5) is 0 Å². The molecule has 0 amide bonds. The number of unbranched alkanes of at least 4 members (excludes halogenated alkanes) is 2. The van der Waals surface area contributed by atoms with Crippen molar-refractivity contribution in [1.29, 1.82) is 0 Å². The number of rotatable bonds is 21. The Balaban J connectivity index is 1.54. The average Bonchev–Trinajstić information content (AvgIpc) is 2.90. The van der Waals surface area contributed by atoms with E-state index in [0.29, 0.717) is 0 Å². The van der Waals surface area contributed by atoms with Gasteiger partial charge in [-0.15, -0.1) is 0 Å². The van der Waals surface area contributed by atoms with E-state index < -0.39 is 0 Å². The SMILES string of the molecule is CCC(CC)(CCOC(C)(C)CCCCSSc1ccccn1)OCCCCSSc1ccccn1. The van der Waals surface area contributed by atoms with E-state index >= 15 is 0 Å². The molecule has 0 aliphatic carbocycles. The van der Waals surface area contributed by atoms with Crippen LogP contribution in [0.25, 0.3) is 0 Å². The topological polar surface area (TPSA) is 44.2 Å². The third-order valence-electron chi connectivity index (χ3n) is 6.19. The van der Waals surface area contributed by atoms with E-state index in [-0.39, 0.29) is 11.2 Å². The van der Waals surface area contributed by atoms with Gasteiger partial charge in [0.15, 0.2) is 0 Å². The summed E-state index contributed by atoms with van der Waals surface area (Å²) in [6.45, 7) is 10.5. The first-order valence-electron chi connectivity index (χ1n) is 13.2. The molecule has 2 aromatic heterocycles. The van der Waals surface area contributed by atoms with Crippen LogP contribution in [0.2, 0.25) is 0 Å². The highest BCUT2D eigenvalue weighted by Gasteiger charge is 2.28. The van der Waals surface area contributed by atoms with Gasteiger partial charge in [-0.25, -0.2) is 9.97 Å². The molecule has 0 atom stereocenters. The molecule has 0 aliphatic rings. The van der Waals surface area contributed by atoms with Crippen LogP contribution < -0.4 is 0 Å². The van der Waals surface area contributed by atoms with Crippen molar-refractivity contribution in [3.05, 3.63) is 48.8 Å². The highest BCUT2D eigenvalue weighted by Crippen LogP contribution is 2.32. The Labute approximate surface area is 235 Å². The Morgan fingerprint density at radius 3 is 1.81 bits per heavy atom. The molecule has 0 unspecified atom stereocenters. The predicted octanol–water partition coefficient (Wildman–Crippen LogP) is 9.37. The molecule has 0 aromatic carbocycles. The van der Waals surface area contributed by atoms with Crippen LogP contribution in [0.5, 0.6) is 0 Å². The number of ether oxygens (including phenoxy) is 2. The monoisotopic (exact) mass is 568 g/mol. The minimum absolute atomic E-state index is 0.0642. The Bertz CT molecular complexity index is 793. The average molecular weight is 569 g/mol. The Morgan fingerprint density at radius 2 is 1.28 bits per heavy atom. The molecule has 0 radical (unpaired) electrons. The van der Waals surface area contributed by atoms with Crippen LogP contribution in [-0.4, -0.2) is 45.9 Å². The van der Waals surface area contributed by atoms with Crippen molar-refractivity contribution in [2.45, 2.75) is 100 Å². The molecule has 0 spiro atoms. The van der Waals surface area contributed by atoms with E-state index in [2.05, 4.69) is 49.8 Å². The van der Waals surface area contributed by atoms with Gasteiger partial charge in [0.25, 0.3) is 0 Å². The third-order valence-corrected chi connectivity index (χ3v) is 10.9. The maximum absolute atomic E-state index is 6.45. The molecule has 8 heteroatoms. The standard InChI is InChI=1S/C28H44N2O2S4/c1-5-28(6-2,32-21-12-14-24-34-36-26-16-8-11-20-30-26)18-22-31-27(3,4)17-9-13-23-33-35-25-15-7-10-19-29-25/h7-8,10-11,15-16,19-20H,5-6,9,12-14,17-18,21-24H2,1-4H3. The maximum Gasteiger partial charge on any atom is 0.106 e. The van der Waals surface area contributed by atoms with Crippen LogP contribution in [0.3, 0.4) is 0 Å². The van der Waals surface area contributed by atoms with E-state index in [1.54, 1.807) is 21.6 Å². The predicted molar refractivity (Wildman–Crippen MR) is 162 cm³/mol. The number of hydrogen-bond donors (Lipinski definition) is 0. The first-order chi connectivity index (χ1) is 17.5. The first kappa shape index (κ1) is 31.8. The zero-order valence-electron chi connectivity index (χ0n) is 22.4. The molecular weight excluding hydrogens is 525 g/mol. The summed E-state index contributed by atoms with van der Waals surface area (Å²) in [5, 5.41) is 2.17. The van der Waals surface area contributed by atoms with E-state index in [4.69, 9.17) is 9.47 Å². The van der Waals surface area contributed by atoms with E-state index in [9.17, 15) is 0 Å². The smallest absolute Gasteiger partial charge is 0.106 e. The van der Waals surface area contributed by atoms with Gasteiger partial charge in [-0.05, 0) is 111 Å². The summed E-state index contributed by atoms with van der Waals surface area (Å²) >= 11 is 0. The third kappa shape index (κ3) is 14.0. The fourth-order valence-corrected chi connectivity index (χ4v) is 7.78. The molecule has 36 heavy (non-hydrogen) atoms. The van der Waals surface area contributed by atoms with Gasteiger partial charge in [-0.1, -0.05) is 47.6 Å². The molecule has 0 aliphatic heterocycles. The lowest BCUT2D eigenvalue weighted by molar-refractivity contribution is -0.0948. The summed E-state index contributed by atoms with van der Waals surface area (Å²) in [6, 6.07) is 12.1. The molecule has 202 valence electrons. The molecule has 0 bridgehead atoms. The van der Waals surface area contributed by atoms with Gasteiger partial charge in [0, 0.05) is 30.5 Å². The minimum atomic E-state index is -0.0888. The molecule has 0 fully saturated rings. The molecule has 2 rings (SSSR count). The second-order valence-electron chi connectivity index (χ2n) is 9.41. The highest BCUT2D eigenvalue weighted by atomic mass is 33.1. The van der Waals surface area contributed by atoms with Gasteiger partial charge >= 0.3 is 0 Å². The van der Waals surface area contributed by atoms with Crippen molar-refractivity contribution >= 4 is 43.2 Å². The van der Waals surface area contributed by atoms with E-state index in [1.165, 1.54) is 12.8 Å². The zero-order valence-corrected chi connectivity index (χ0v) is 25.7. The number of pyridine rings is 2. The van der Waals surface area contributed by atoms with Crippen LogP contribution in [0.1, 0.15) is 79.1 Å². The van der Waals surface area contributed by atoms with Crippen molar-refractivity contribution in [2.24, 2.45) is 0 Å². The van der Waals surface area contributed by atoms with Crippen LogP contribution >= 0.6 is 43.2 Å².